The van der Waals surface area contributed by atoms with Crippen LogP contribution in [0.2, 0.25) is 0 Å². The average molecular weight is 497 g/mol. The van der Waals surface area contributed by atoms with Crippen LogP contribution in [0.25, 0.3) is 0 Å². The number of ether oxygens (including phenoxy) is 1. The molecule has 0 saturated carbocycles. The van der Waals surface area contributed by atoms with Gasteiger partial charge in [0.2, 0.25) is 0 Å². The lowest BCUT2D eigenvalue weighted by molar-refractivity contribution is -0.124. The molecule has 1 N–H and O–H groups in total. The molecular formula is C25H21FN2O4S2. The number of thiophene rings is 1. The fourth-order valence-electron chi connectivity index (χ4n) is 3.24. The monoisotopic (exact) mass is 496 g/mol. The molecule has 2 heterocycles. The van der Waals surface area contributed by atoms with E-state index < -0.39 is 24.5 Å². The highest BCUT2D eigenvalue weighted by atomic mass is 32.2. The molecule has 174 valence electrons. The highest BCUT2D eigenvalue weighted by Crippen LogP contribution is 2.28. The van der Waals surface area contributed by atoms with Crippen molar-refractivity contribution < 1.29 is 23.2 Å². The van der Waals surface area contributed by atoms with E-state index in [1.807, 2.05) is 42.6 Å². The van der Waals surface area contributed by atoms with Gasteiger partial charge in [0.25, 0.3) is 5.91 Å². The summed E-state index contributed by atoms with van der Waals surface area (Å²) in [4.78, 5) is 27.0. The minimum atomic E-state index is -0.596. The number of amides is 1. The summed E-state index contributed by atoms with van der Waals surface area (Å²) in [5.74, 6) is -0.208. The van der Waals surface area contributed by atoms with Gasteiger partial charge in [0.1, 0.15) is 11.6 Å². The SMILES string of the molecule is Cc1cc(CSc2ccccc2C(=O)OCC(=O)NC(c2ccc(F)cc2)c2cccs2)on1. The van der Waals surface area contributed by atoms with Gasteiger partial charge in [-0.3, -0.25) is 4.79 Å². The van der Waals surface area contributed by atoms with E-state index in [1.165, 1.54) is 35.2 Å². The number of carbonyl (C=O) groups is 2. The standard InChI is InChI=1S/C25H21FN2O4S2/c1-16-13-19(32-28-16)15-34-21-6-3-2-5-20(21)25(30)31-14-23(29)27-24(22-7-4-12-33-22)17-8-10-18(26)11-9-17/h2-13,24H,14-15H2,1H3,(H,27,29). The van der Waals surface area contributed by atoms with Gasteiger partial charge in [-0.25, -0.2) is 9.18 Å². The fourth-order valence-corrected chi connectivity index (χ4v) is 4.95. The van der Waals surface area contributed by atoms with Crippen molar-refractivity contribution in [2.45, 2.75) is 23.6 Å². The molecule has 4 rings (SSSR count). The van der Waals surface area contributed by atoms with Gasteiger partial charge in [0.15, 0.2) is 6.61 Å². The van der Waals surface area contributed by atoms with Crippen molar-refractivity contribution in [3.8, 4) is 0 Å². The van der Waals surface area contributed by atoms with Gasteiger partial charge in [0, 0.05) is 15.8 Å². The first-order chi connectivity index (χ1) is 16.5. The largest absolute Gasteiger partial charge is 0.452 e. The number of carbonyl (C=O) groups excluding carboxylic acids is 2. The molecule has 0 aliphatic carbocycles. The highest BCUT2D eigenvalue weighted by molar-refractivity contribution is 7.98. The van der Waals surface area contributed by atoms with Gasteiger partial charge < -0.3 is 14.6 Å². The highest BCUT2D eigenvalue weighted by Gasteiger charge is 2.20. The van der Waals surface area contributed by atoms with Crippen LogP contribution in [-0.2, 0) is 15.3 Å². The van der Waals surface area contributed by atoms with Gasteiger partial charge in [0.05, 0.1) is 23.1 Å². The second kappa shape index (κ2) is 11.1. The first-order valence-corrected chi connectivity index (χ1v) is 12.3. The topological polar surface area (TPSA) is 81.4 Å². The molecule has 6 nitrogen and oxygen atoms in total. The second-order valence-corrected chi connectivity index (χ2v) is 9.36. The average Bonchev–Trinajstić information content (AvgIpc) is 3.52. The van der Waals surface area contributed by atoms with Crippen LogP contribution in [-0.4, -0.2) is 23.6 Å². The van der Waals surface area contributed by atoms with Crippen LogP contribution in [0.3, 0.4) is 0 Å². The summed E-state index contributed by atoms with van der Waals surface area (Å²) >= 11 is 2.89. The van der Waals surface area contributed by atoms with Crippen molar-refractivity contribution in [3.63, 3.8) is 0 Å². The van der Waals surface area contributed by atoms with Gasteiger partial charge in [-0.05, 0) is 48.2 Å². The summed E-state index contributed by atoms with van der Waals surface area (Å²) in [7, 11) is 0. The van der Waals surface area contributed by atoms with Crippen molar-refractivity contribution in [1.82, 2.24) is 10.5 Å². The Balaban J connectivity index is 1.38. The number of thioether (sulfide) groups is 1. The number of benzene rings is 2. The molecule has 34 heavy (non-hydrogen) atoms. The molecule has 9 heteroatoms. The predicted molar refractivity (Wildman–Crippen MR) is 128 cm³/mol. The van der Waals surface area contributed by atoms with Crippen LogP contribution in [0.1, 0.15) is 38.3 Å². The van der Waals surface area contributed by atoms with Gasteiger partial charge in [-0.2, -0.15) is 0 Å². The molecule has 0 saturated heterocycles. The van der Waals surface area contributed by atoms with Crippen molar-refractivity contribution >= 4 is 35.0 Å². The third-order valence-corrected chi connectivity index (χ3v) is 6.86. The van der Waals surface area contributed by atoms with Crippen LogP contribution in [0, 0.1) is 12.7 Å². The molecule has 4 aromatic rings. The summed E-state index contributed by atoms with van der Waals surface area (Å²) < 4.78 is 23.9. The first-order valence-electron chi connectivity index (χ1n) is 10.4. The number of esters is 1. The zero-order valence-electron chi connectivity index (χ0n) is 18.2. The predicted octanol–water partition coefficient (Wildman–Crippen LogP) is 5.54. The maximum Gasteiger partial charge on any atom is 0.339 e. The lowest BCUT2D eigenvalue weighted by Gasteiger charge is -2.18. The Bertz CT molecular complexity index is 1260. The van der Waals surface area contributed by atoms with Gasteiger partial charge in [-0.1, -0.05) is 35.5 Å². The number of hydrogen-bond donors (Lipinski definition) is 1. The van der Waals surface area contributed by atoms with E-state index in [9.17, 15) is 14.0 Å². The summed E-state index contributed by atoms with van der Waals surface area (Å²) in [5.41, 5.74) is 1.88. The quantitative estimate of drug-likeness (QED) is 0.242. The first kappa shape index (κ1) is 23.7. The van der Waals surface area contributed by atoms with E-state index in [0.717, 1.165) is 16.1 Å². The van der Waals surface area contributed by atoms with E-state index in [4.69, 9.17) is 9.26 Å². The third kappa shape index (κ3) is 6.12. The summed E-state index contributed by atoms with van der Waals surface area (Å²) in [6, 6.07) is 18.1. The molecular weight excluding hydrogens is 475 g/mol. The Hall–Kier alpha value is -3.43. The lowest BCUT2D eigenvalue weighted by Crippen LogP contribution is -2.32. The Morgan fingerprint density at radius 3 is 2.65 bits per heavy atom. The van der Waals surface area contributed by atoms with Crippen LogP contribution >= 0.6 is 23.1 Å². The van der Waals surface area contributed by atoms with E-state index in [-0.39, 0.29) is 5.82 Å². The summed E-state index contributed by atoms with van der Waals surface area (Å²) in [5, 5.41) is 8.63. The molecule has 0 radical (unpaired) electrons. The van der Waals surface area contributed by atoms with E-state index >= 15 is 0 Å². The summed E-state index contributed by atoms with van der Waals surface area (Å²) in [6.45, 7) is 1.40. The minimum Gasteiger partial charge on any atom is -0.452 e. The second-order valence-electron chi connectivity index (χ2n) is 7.36. The maximum absolute atomic E-state index is 13.4. The molecule has 0 aliphatic heterocycles. The van der Waals surface area contributed by atoms with E-state index in [2.05, 4.69) is 10.5 Å². The fraction of sp³-hybridized carbons (Fsp3) is 0.160. The molecule has 0 spiro atoms. The maximum atomic E-state index is 13.4. The third-order valence-electron chi connectivity index (χ3n) is 4.82. The number of hydrogen-bond acceptors (Lipinski definition) is 7. The molecule has 2 aromatic heterocycles. The Morgan fingerprint density at radius 2 is 1.94 bits per heavy atom. The van der Waals surface area contributed by atoms with Crippen LogP contribution in [0.4, 0.5) is 4.39 Å². The van der Waals surface area contributed by atoms with Crippen molar-refractivity contribution in [2.24, 2.45) is 0 Å². The minimum absolute atomic E-state index is 0.357. The molecule has 2 aromatic carbocycles. The zero-order chi connectivity index (χ0) is 23.9. The number of rotatable bonds is 9. The van der Waals surface area contributed by atoms with Crippen molar-refractivity contribution in [3.05, 3.63) is 105 Å². The molecule has 1 amide bonds. The van der Waals surface area contributed by atoms with Crippen LogP contribution in [0.15, 0.2) is 81.5 Å². The van der Waals surface area contributed by atoms with Gasteiger partial charge in [-0.15, -0.1) is 23.1 Å². The molecule has 0 bridgehead atoms. The van der Waals surface area contributed by atoms with Gasteiger partial charge >= 0.3 is 5.97 Å². The van der Waals surface area contributed by atoms with Crippen molar-refractivity contribution in [1.29, 1.82) is 0 Å². The molecule has 0 aliphatic rings. The number of aromatic nitrogens is 1. The van der Waals surface area contributed by atoms with Crippen LogP contribution in [0.5, 0.6) is 0 Å². The Morgan fingerprint density at radius 1 is 1.15 bits per heavy atom. The summed E-state index contributed by atoms with van der Waals surface area (Å²) in [6.07, 6.45) is 0. The molecule has 1 unspecified atom stereocenters. The number of aryl methyl sites for hydroxylation is 1. The zero-order valence-corrected chi connectivity index (χ0v) is 19.8. The van der Waals surface area contributed by atoms with E-state index in [0.29, 0.717) is 22.0 Å². The Kier molecular flexibility index (Phi) is 7.76. The smallest absolute Gasteiger partial charge is 0.339 e. The molecule has 0 fully saturated rings. The van der Waals surface area contributed by atoms with Crippen molar-refractivity contribution in [2.75, 3.05) is 6.61 Å². The number of halogens is 1. The normalized spacial score (nSPS) is 11.7. The Labute approximate surface area is 204 Å². The number of nitrogens with zero attached hydrogens (tertiary/aromatic N) is 1. The van der Waals surface area contributed by atoms with Crippen LogP contribution < -0.4 is 5.32 Å². The molecule has 1 atom stereocenters. The van der Waals surface area contributed by atoms with E-state index in [1.54, 1.807) is 24.3 Å². The number of nitrogens with one attached hydrogen (secondary N) is 1. The lowest BCUT2D eigenvalue weighted by atomic mass is 10.1.